The van der Waals surface area contributed by atoms with Crippen LogP contribution in [0.5, 0.6) is 0 Å². The molecule has 2 saturated carbocycles. The number of anilines is 6. The second-order valence-corrected chi connectivity index (χ2v) is 31.4. The maximum Gasteiger partial charge on any atom is 0.215 e. The van der Waals surface area contributed by atoms with Crippen molar-refractivity contribution in [2.45, 2.75) is 88.9 Å². The minimum absolute atomic E-state index is 0.364. The van der Waals surface area contributed by atoms with E-state index in [2.05, 4.69) is 65.1 Å². The van der Waals surface area contributed by atoms with Crippen LogP contribution in [0.15, 0.2) is 48.8 Å². The number of hydrogen-bond donors (Lipinski definition) is 1. The number of hydrogen-bond acceptors (Lipinski definition) is 19. The number of ether oxygens (including phenoxy) is 1. The molecular formula is C46H64N14O5S4Si. The van der Waals surface area contributed by atoms with Crippen LogP contribution in [0.1, 0.15) is 73.2 Å². The van der Waals surface area contributed by atoms with E-state index in [9.17, 15) is 16.8 Å². The predicted molar refractivity (Wildman–Crippen MR) is 283 cm³/mol. The first-order valence-electron chi connectivity index (χ1n) is 24.3. The lowest BCUT2D eigenvalue weighted by Gasteiger charge is -2.34. The van der Waals surface area contributed by atoms with Crippen molar-refractivity contribution >= 4 is 106 Å². The normalized spacial score (nSPS) is 18.2. The average Bonchev–Trinajstić information content (AvgIpc) is 4.20. The van der Waals surface area contributed by atoms with Crippen LogP contribution >= 0.6 is 22.7 Å². The molecule has 2 saturated heterocycles. The van der Waals surface area contributed by atoms with E-state index < -0.39 is 28.1 Å². The van der Waals surface area contributed by atoms with Crippen molar-refractivity contribution in [3.63, 3.8) is 0 Å². The summed E-state index contributed by atoms with van der Waals surface area (Å²) in [5, 5.41) is 24.8. The Balaban J connectivity index is 0.000000178. The molecule has 19 nitrogen and oxygen atoms in total. The topological polar surface area (TPSA) is 209 Å². The third kappa shape index (κ3) is 12.7. The smallest absolute Gasteiger partial charge is 0.215 e. The SMILES string of the molecule is CS(=O)(=O)N1CCN(c2cnc3ccc(Nc4nnc(C5CCCC5)s4)nc3c2)CC1.C[Si](C)(C)CCOCN(c1ccc2ncc(N3CCN(S(C)(=O)=O)CC3)cc2n1)c1nnc(C2CCCC2)s1. The Hall–Kier alpha value is -4.56. The van der Waals surface area contributed by atoms with E-state index in [0.29, 0.717) is 83.3 Å². The molecule has 6 aromatic rings. The lowest BCUT2D eigenvalue weighted by molar-refractivity contribution is 0.153. The van der Waals surface area contributed by atoms with Gasteiger partial charge in [0, 0.05) is 78.9 Å². The van der Waals surface area contributed by atoms with E-state index >= 15 is 0 Å². The summed E-state index contributed by atoms with van der Waals surface area (Å²) in [5.74, 6) is 2.52. The van der Waals surface area contributed by atoms with Crippen molar-refractivity contribution in [3.05, 3.63) is 58.8 Å². The fraction of sp³-hybridized carbons (Fsp3) is 0.565. The molecule has 4 aliphatic rings. The van der Waals surface area contributed by atoms with Crippen LogP contribution in [-0.4, -0.2) is 152 Å². The molecule has 1 N–H and O–H groups in total. The van der Waals surface area contributed by atoms with Gasteiger partial charge in [-0.05, 0) is 68.1 Å². The molecule has 0 spiro atoms. The molecule has 0 unspecified atom stereocenters. The summed E-state index contributed by atoms with van der Waals surface area (Å²) in [6, 6.07) is 12.9. The van der Waals surface area contributed by atoms with Gasteiger partial charge in [-0.1, -0.05) is 68.0 Å². The summed E-state index contributed by atoms with van der Waals surface area (Å²) in [7, 11) is -7.53. The van der Waals surface area contributed by atoms with Crippen LogP contribution in [0.3, 0.4) is 0 Å². The molecule has 376 valence electrons. The number of nitrogens with one attached hydrogen (secondary N) is 1. The van der Waals surface area contributed by atoms with E-state index in [0.717, 1.165) is 65.6 Å². The molecule has 6 aromatic heterocycles. The molecule has 24 heteroatoms. The van der Waals surface area contributed by atoms with Crippen molar-refractivity contribution < 1.29 is 21.6 Å². The molecule has 4 fully saturated rings. The van der Waals surface area contributed by atoms with Crippen LogP contribution in [0, 0.1) is 0 Å². The van der Waals surface area contributed by atoms with Gasteiger partial charge in [0.2, 0.25) is 30.3 Å². The molecule has 2 aliphatic heterocycles. The van der Waals surface area contributed by atoms with Crippen LogP contribution < -0.4 is 20.0 Å². The first kappa shape index (κ1) is 50.4. The van der Waals surface area contributed by atoms with Crippen molar-refractivity contribution in [2.75, 3.05) is 98.2 Å². The number of rotatable bonds is 15. The van der Waals surface area contributed by atoms with Gasteiger partial charge in [-0.25, -0.2) is 26.8 Å². The first-order valence-corrected chi connectivity index (χ1v) is 33.3. The van der Waals surface area contributed by atoms with Gasteiger partial charge in [-0.15, -0.1) is 20.4 Å². The molecule has 2 aliphatic carbocycles. The fourth-order valence-corrected chi connectivity index (χ4v) is 13.6. The van der Waals surface area contributed by atoms with Crippen LogP contribution in [0.4, 0.5) is 33.3 Å². The molecule has 70 heavy (non-hydrogen) atoms. The Bertz CT molecular complexity index is 2960. The number of fused-ring (bicyclic) bond motifs is 2. The number of nitrogens with zero attached hydrogens (tertiary/aromatic N) is 13. The van der Waals surface area contributed by atoms with Gasteiger partial charge in [0.05, 0.1) is 58.3 Å². The third-order valence-electron chi connectivity index (χ3n) is 13.4. The summed E-state index contributed by atoms with van der Waals surface area (Å²) in [5.41, 5.74) is 5.08. The standard InChI is InChI=1S/C26H39N7O3S2Si.C20H25N7O2S2/c1-38(34,35)32-13-11-31(12-14-32)21-17-23-22(27-18-21)9-10-24(28-23)33(19-36-15-16-39(2,3)4)26-30-29-25(37-26)20-7-5-6-8-20;1-31(28,29)27-10-8-26(9-11-27)15-12-17-16(21-13-15)6-7-18(22-17)23-20-25-24-19(30-20)14-4-2-3-5-14/h9-10,17-18,20H,5-8,11-16,19H2,1-4H3;6-7,12-14H,2-5,8-11H2,1H3,(H,22,23,25). The minimum Gasteiger partial charge on any atom is -0.368 e. The average molecular weight is 1050 g/mol. The van der Waals surface area contributed by atoms with Crippen LogP contribution in [0.25, 0.3) is 22.1 Å². The predicted octanol–water partition coefficient (Wildman–Crippen LogP) is 7.64. The summed E-state index contributed by atoms with van der Waals surface area (Å²) < 4.78 is 56.5. The molecular weight excluding hydrogens is 985 g/mol. The zero-order valence-electron chi connectivity index (χ0n) is 40.7. The largest absolute Gasteiger partial charge is 0.368 e. The number of piperazine rings is 2. The van der Waals surface area contributed by atoms with Gasteiger partial charge < -0.3 is 19.9 Å². The van der Waals surface area contributed by atoms with Crippen molar-refractivity contribution in [2.24, 2.45) is 0 Å². The van der Waals surface area contributed by atoms with E-state index in [1.165, 1.54) is 72.5 Å². The Morgan fingerprint density at radius 3 is 1.71 bits per heavy atom. The molecule has 0 atom stereocenters. The number of pyridine rings is 4. The summed E-state index contributed by atoms with van der Waals surface area (Å²) >= 11 is 3.25. The molecule has 0 aromatic carbocycles. The summed E-state index contributed by atoms with van der Waals surface area (Å²) in [4.78, 5) is 25.2. The van der Waals surface area contributed by atoms with Crippen LogP contribution in [-0.2, 0) is 24.8 Å². The van der Waals surface area contributed by atoms with Gasteiger partial charge in [-0.3, -0.25) is 14.9 Å². The fourth-order valence-electron chi connectivity index (χ4n) is 9.26. The van der Waals surface area contributed by atoms with Gasteiger partial charge in [-0.2, -0.15) is 8.61 Å². The summed E-state index contributed by atoms with van der Waals surface area (Å²) in [6.07, 6.45) is 16.0. The minimum atomic E-state index is -3.18. The number of aromatic nitrogens is 8. The molecule has 0 bridgehead atoms. The Morgan fingerprint density at radius 1 is 0.657 bits per heavy atom. The highest BCUT2D eigenvalue weighted by atomic mass is 32.2. The zero-order valence-corrected chi connectivity index (χ0v) is 45.0. The second kappa shape index (κ2) is 21.7. The Morgan fingerprint density at radius 2 is 1.17 bits per heavy atom. The molecule has 8 heterocycles. The highest BCUT2D eigenvalue weighted by molar-refractivity contribution is 7.88. The van der Waals surface area contributed by atoms with Crippen molar-refractivity contribution in [1.29, 1.82) is 0 Å². The highest BCUT2D eigenvalue weighted by Gasteiger charge is 2.28. The van der Waals surface area contributed by atoms with E-state index in [1.54, 1.807) is 22.7 Å². The monoisotopic (exact) mass is 1050 g/mol. The quantitative estimate of drug-likeness (QED) is 0.0595. The van der Waals surface area contributed by atoms with E-state index in [4.69, 9.17) is 14.7 Å². The Labute approximate surface area is 420 Å². The molecule has 10 rings (SSSR count). The first-order chi connectivity index (χ1) is 33.5. The molecule has 0 amide bonds. The maximum absolute atomic E-state index is 11.9. The Kier molecular flexibility index (Phi) is 15.6. The summed E-state index contributed by atoms with van der Waals surface area (Å²) in [6.45, 7) is 12.5. The van der Waals surface area contributed by atoms with Gasteiger partial charge in [0.25, 0.3) is 0 Å². The second-order valence-electron chi connectivity index (χ2n) is 19.9. The highest BCUT2D eigenvalue weighted by Crippen LogP contribution is 2.39. The maximum atomic E-state index is 11.9. The molecule has 0 radical (unpaired) electrons. The van der Waals surface area contributed by atoms with Gasteiger partial charge in [0.15, 0.2) is 0 Å². The van der Waals surface area contributed by atoms with Crippen molar-refractivity contribution in [3.8, 4) is 0 Å². The van der Waals surface area contributed by atoms with Crippen molar-refractivity contribution in [1.82, 2.24) is 48.9 Å². The van der Waals surface area contributed by atoms with Gasteiger partial charge >= 0.3 is 0 Å². The lowest BCUT2D eigenvalue weighted by atomic mass is 10.1. The zero-order chi connectivity index (χ0) is 49.0. The number of sulfonamides is 2. The van der Waals surface area contributed by atoms with Gasteiger partial charge in [0.1, 0.15) is 28.4 Å². The van der Waals surface area contributed by atoms with E-state index in [1.807, 2.05) is 53.7 Å². The third-order valence-corrected chi connectivity index (χ3v) is 19.8. The van der Waals surface area contributed by atoms with E-state index in [-0.39, 0.29) is 0 Å². The van der Waals surface area contributed by atoms with Crippen LogP contribution in [0.2, 0.25) is 25.7 Å². The lowest BCUT2D eigenvalue weighted by Crippen LogP contribution is -2.48.